The van der Waals surface area contributed by atoms with Crippen LogP contribution in [-0.4, -0.2) is 18.1 Å². The topological polar surface area (TPSA) is 34.1 Å². The van der Waals surface area contributed by atoms with Gasteiger partial charge in [0.05, 0.1) is 18.8 Å². The van der Waals surface area contributed by atoms with E-state index < -0.39 is 0 Å². The first-order chi connectivity index (χ1) is 7.15. The van der Waals surface area contributed by atoms with Gasteiger partial charge >= 0.3 is 0 Å². The lowest BCUT2D eigenvalue weighted by atomic mass is 10.2. The first-order valence-corrected chi connectivity index (χ1v) is 4.86. The molecule has 1 aromatic heterocycles. The lowest BCUT2D eigenvalue weighted by molar-refractivity contribution is 0.412. The highest BCUT2D eigenvalue weighted by molar-refractivity contribution is 5.26. The summed E-state index contributed by atoms with van der Waals surface area (Å²) in [6.45, 7) is 4.53. The molecule has 0 radical (unpaired) electrons. The van der Waals surface area contributed by atoms with Crippen molar-refractivity contribution in [2.45, 2.75) is 26.4 Å². The molecule has 0 fully saturated rings. The Bertz CT molecular complexity index is 368. The van der Waals surface area contributed by atoms with Gasteiger partial charge in [-0.3, -0.25) is 10.3 Å². The van der Waals surface area contributed by atoms with E-state index in [2.05, 4.69) is 16.2 Å². The molecule has 0 saturated carbocycles. The van der Waals surface area contributed by atoms with Crippen LogP contribution in [0.15, 0.2) is 12.1 Å². The maximum absolute atomic E-state index is 5.26. The minimum atomic E-state index is 0.0540. The van der Waals surface area contributed by atoms with Crippen molar-refractivity contribution >= 4 is 0 Å². The second-order valence-corrected chi connectivity index (χ2v) is 3.41. The van der Waals surface area contributed by atoms with E-state index in [9.17, 15) is 0 Å². The van der Waals surface area contributed by atoms with E-state index in [-0.39, 0.29) is 6.04 Å². The van der Waals surface area contributed by atoms with Crippen molar-refractivity contribution in [2.24, 2.45) is 0 Å². The Morgan fingerprint density at radius 1 is 1.60 bits per heavy atom. The summed E-state index contributed by atoms with van der Waals surface area (Å²) in [4.78, 5) is 4.38. The minimum absolute atomic E-state index is 0.0540. The van der Waals surface area contributed by atoms with Crippen molar-refractivity contribution in [1.29, 1.82) is 0 Å². The Balaban J connectivity index is 2.69. The van der Waals surface area contributed by atoms with Crippen LogP contribution in [0.4, 0.5) is 0 Å². The Labute approximate surface area is 90.9 Å². The molecule has 3 nitrogen and oxygen atoms in total. The highest BCUT2D eigenvalue weighted by atomic mass is 16.5. The van der Waals surface area contributed by atoms with Crippen molar-refractivity contribution in [3.05, 3.63) is 23.5 Å². The van der Waals surface area contributed by atoms with Crippen LogP contribution in [0.3, 0.4) is 0 Å². The molecule has 1 N–H and O–H groups in total. The molecule has 1 rings (SSSR count). The summed E-state index contributed by atoms with van der Waals surface area (Å²) in [5.41, 5.74) is 1.88. The average molecular weight is 204 g/mol. The van der Waals surface area contributed by atoms with E-state index >= 15 is 0 Å². The van der Waals surface area contributed by atoms with Crippen LogP contribution in [0.25, 0.3) is 0 Å². The summed E-state index contributed by atoms with van der Waals surface area (Å²) in [6, 6.07) is 3.86. The number of methoxy groups -OCH3 is 1. The average Bonchev–Trinajstić information content (AvgIpc) is 2.25. The number of terminal acetylenes is 1. The van der Waals surface area contributed by atoms with E-state index in [1.807, 2.05) is 26.0 Å². The Morgan fingerprint density at radius 2 is 2.33 bits per heavy atom. The normalized spacial score (nSPS) is 11.9. The van der Waals surface area contributed by atoms with Crippen LogP contribution in [0.1, 0.15) is 18.3 Å². The Kier molecular flexibility index (Phi) is 4.14. The summed E-state index contributed by atoms with van der Waals surface area (Å²) in [7, 11) is 1.65. The number of ether oxygens (including phenoxy) is 1. The summed E-state index contributed by atoms with van der Waals surface area (Å²) in [6.07, 6.45) is 5.26. The first kappa shape index (κ1) is 11.5. The lowest BCUT2D eigenvalue weighted by Crippen LogP contribution is -2.24. The number of aryl methyl sites for hydroxylation is 1. The summed E-state index contributed by atoms with van der Waals surface area (Å²) >= 11 is 0. The minimum Gasteiger partial charge on any atom is -0.497 e. The van der Waals surface area contributed by atoms with E-state index in [4.69, 9.17) is 11.2 Å². The number of rotatable bonds is 4. The fourth-order valence-corrected chi connectivity index (χ4v) is 1.23. The van der Waals surface area contributed by atoms with Gasteiger partial charge in [0.15, 0.2) is 0 Å². The molecular weight excluding hydrogens is 188 g/mol. The van der Waals surface area contributed by atoms with Gasteiger partial charge in [-0.1, -0.05) is 5.92 Å². The molecule has 1 aromatic rings. The van der Waals surface area contributed by atoms with Crippen molar-refractivity contribution in [2.75, 3.05) is 7.11 Å². The van der Waals surface area contributed by atoms with Gasteiger partial charge in [0, 0.05) is 24.4 Å². The highest BCUT2D eigenvalue weighted by Gasteiger charge is 2.01. The molecule has 80 valence electrons. The molecule has 0 bridgehead atoms. The van der Waals surface area contributed by atoms with Crippen LogP contribution in [0, 0.1) is 19.3 Å². The number of nitrogens with one attached hydrogen (secondary N) is 1. The Morgan fingerprint density at radius 3 is 2.93 bits per heavy atom. The molecule has 0 amide bonds. The van der Waals surface area contributed by atoms with E-state index in [0.29, 0.717) is 6.54 Å². The molecule has 0 aliphatic rings. The van der Waals surface area contributed by atoms with Gasteiger partial charge in [-0.2, -0.15) is 0 Å². The van der Waals surface area contributed by atoms with Crippen LogP contribution >= 0.6 is 0 Å². The largest absolute Gasteiger partial charge is 0.497 e. The van der Waals surface area contributed by atoms with Gasteiger partial charge in [0.1, 0.15) is 5.75 Å². The fraction of sp³-hybridized carbons (Fsp3) is 0.417. The molecule has 1 unspecified atom stereocenters. The molecule has 0 aromatic carbocycles. The zero-order valence-electron chi connectivity index (χ0n) is 9.37. The Hall–Kier alpha value is -1.53. The van der Waals surface area contributed by atoms with Gasteiger partial charge in [0.25, 0.3) is 0 Å². The second-order valence-electron chi connectivity index (χ2n) is 3.41. The number of hydrogen-bond donors (Lipinski definition) is 1. The molecule has 15 heavy (non-hydrogen) atoms. The first-order valence-electron chi connectivity index (χ1n) is 4.86. The van der Waals surface area contributed by atoms with Crippen LogP contribution < -0.4 is 10.1 Å². The van der Waals surface area contributed by atoms with Crippen molar-refractivity contribution in [3.8, 4) is 18.1 Å². The molecule has 0 saturated heterocycles. The van der Waals surface area contributed by atoms with E-state index in [1.165, 1.54) is 0 Å². The highest BCUT2D eigenvalue weighted by Crippen LogP contribution is 2.13. The SMILES string of the molecule is C#CC(C)NCc1cc(OC)cc(C)n1. The maximum atomic E-state index is 5.26. The number of pyridine rings is 1. The quantitative estimate of drug-likeness (QED) is 0.755. The summed E-state index contributed by atoms with van der Waals surface area (Å²) in [5, 5.41) is 3.17. The third-order valence-corrected chi connectivity index (χ3v) is 2.06. The van der Waals surface area contributed by atoms with Crippen LogP contribution in [0.5, 0.6) is 5.75 Å². The standard InChI is InChI=1S/C12H16N2O/c1-5-9(2)13-8-11-7-12(15-4)6-10(3)14-11/h1,6-7,9,13H,8H2,2-4H3. The second kappa shape index (κ2) is 5.38. The third kappa shape index (κ3) is 3.61. The van der Waals surface area contributed by atoms with Gasteiger partial charge in [-0.05, 0) is 13.8 Å². The fourth-order valence-electron chi connectivity index (χ4n) is 1.23. The molecule has 0 aliphatic carbocycles. The zero-order chi connectivity index (χ0) is 11.3. The van der Waals surface area contributed by atoms with Gasteiger partial charge in [0.2, 0.25) is 0 Å². The smallest absolute Gasteiger partial charge is 0.122 e. The van der Waals surface area contributed by atoms with Crippen LogP contribution in [-0.2, 0) is 6.54 Å². The van der Waals surface area contributed by atoms with Gasteiger partial charge in [-0.15, -0.1) is 6.42 Å². The maximum Gasteiger partial charge on any atom is 0.122 e. The molecule has 3 heteroatoms. The molecule has 0 spiro atoms. The van der Waals surface area contributed by atoms with Crippen molar-refractivity contribution < 1.29 is 4.74 Å². The lowest BCUT2D eigenvalue weighted by Gasteiger charge is -2.09. The zero-order valence-corrected chi connectivity index (χ0v) is 9.37. The molecule has 1 heterocycles. The summed E-state index contributed by atoms with van der Waals surface area (Å²) in [5.74, 6) is 3.43. The van der Waals surface area contributed by atoms with E-state index in [1.54, 1.807) is 7.11 Å². The van der Waals surface area contributed by atoms with Crippen molar-refractivity contribution in [1.82, 2.24) is 10.3 Å². The predicted octanol–water partition coefficient (Wildman–Crippen LogP) is 1.51. The number of hydrogen-bond acceptors (Lipinski definition) is 3. The van der Waals surface area contributed by atoms with Gasteiger partial charge < -0.3 is 4.74 Å². The molecular formula is C12H16N2O. The summed E-state index contributed by atoms with van der Waals surface area (Å²) < 4.78 is 5.16. The van der Waals surface area contributed by atoms with Gasteiger partial charge in [-0.25, -0.2) is 0 Å². The molecule has 1 atom stereocenters. The number of nitrogens with zero attached hydrogens (tertiary/aromatic N) is 1. The number of aromatic nitrogens is 1. The van der Waals surface area contributed by atoms with Crippen molar-refractivity contribution in [3.63, 3.8) is 0 Å². The third-order valence-electron chi connectivity index (χ3n) is 2.06. The predicted molar refractivity (Wildman–Crippen MR) is 60.7 cm³/mol. The van der Waals surface area contributed by atoms with E-state index in [0.717, 1.165) is 17.1 Å². The monoisotopic (exact) mass is 204 g/mol. The molecule has 0 aliphatic heterocycles. The van der Waals surface area contributed by atoms with Crippen LogP contribution in [0.2, 0.25) is 0 Å².